The van der Waals surface area contributed by atoms with Gasteiger partial charge in [0, 0.05) is 12.5 Å². The second-order valence-electron chi connectivity index (χ2n) is 5.83. The summed E-state index contributed by atoms with van der Waals surface area (Å²) in [7, 11) is 0. The molecule has 2 rings (SSSR count). The van der Waals surface area contributed by atoms with E-state index >= 15 is 0 Å². The Kier molecular flexibility index (Phi) is 5.49. The normalized spacial score (nSPS) is 19.2. The van der Waals surface area contributed by atoms with E-state index in [2.05, 4.69) is 15.5 Å². The highest BCUT2D eigenvalue weighted by Crippen LogP contribution is 2.29. The average molecular weight is 280 g/mol. The van der Waals surface area contributed by atoms with Crippen molar-refractivity contribution in [2.45, 2.75) is 70.8 Å². The van der Waals surface area contributed by atoms with Crippen molar-refractivity contribution >= 4 is 5.97 Å². The minimum absolute atomic E-state index is 0.357. The van der Waals surface area contributed by atoms with Gasteiger partial charge in [0.1, 0.15) is 0 Å². The standard InChI is InChI=1S/C14H24N4O2/c1-11(14(19)20)9-10-18-13(15-16-17-18)12-7-5-3-2-4-6-8-12/h11-12H,2-10H2,1H3,(H,19,20). The first kappa shape index (κ1) is 14.9. The number of hydrogen-bond acceptors (Lipinski definition) is 4. The van der Waals surface area contributed by atoms with Gasteiger partial charge in [-0.3, -0.25) is 4.79 Å². The van der Waals surface area contributed by atoms with Gasteiger partial charge in [0.2, 0.25) is 0 Å². The van der Waals surface area contributed by atoms with Crippen molar-refractivity contribution in [3.8, 4) is 0 Å². The summed E-state index contributed by atoms with van der Waals surface area (Å²) in [5.41, 5.74) is 0. The molecule has 6 heteroatoms. The zero-order valence-electron chi connectivity index (χ0n) is 12.2. The summed E-state index contributed by atoms with van der Waals surface area (Å²) in [5, 5.41) is 21.0. The SMILES string of the molecule is CC(CCn1nnnc1C1CCCCCCC1)C(=O)O. The lowest BCUT2D eigenvalue weighted by Gasteiger charge is -2.19. The molecule has 0 aliphatic heterocycles. The van der Waals surface area contributed by atoms with Crippen LogP contribution in [0, 0.1) is 5.92 Å². The number of carboxylic acid groups (broad SMARTS) is 1. The molecule has 1 atom stereocenters. The third kappa shape index (κ3) is 4.02. The highest BCUT2D eigenvalue weighted by atomic mass is 16.4. The van der Waals surface area contributed by atoms with Gasteiger partial charge in [-0.05, 0) is 29.7 Å². The van der Waals surface area contributed by atoms with Crippen LogP contribution in [0.15, 0.2) is 0 Å². The molecule has 20 heavy (non-hydrogen) atoms. The molecular weight excluding hydrogens is 256 g/mol. The van der Waals surface area contributed by atoms with Crippen molar-refractivity contribution in [2.24, 2.45) is 5.92 Å². The van der Waals surface area contributed by atoms with Gasteiger partial charge in [0.15, 0.2) is 5.82 Å². The number of aryl methyl sites for hydroxylation is 1. The number of hydrogen-bond donors (Lipinski definition) is 1. The van der Waals surface area contributed by atoms with E-state index < -0.39 is 5.97 Å². The Morgan fingerprint density at radius 2 is 1.95 bits per heavy atom. The Morgan fingerprint density at radius 3 is 2.60 bits per heavy atom. The molecule has 0 spiro atoms. The molecule has 0 saturated heterocycles. The maximum atomic E-state index is 10.9. The first-order valence-corrected chi connectivity index (χ1v) is 7.67. The van der Waals surface area contributed by atoms with Crippen LogP contribution in [0.4, 0.5) is 0 Å². The predicted octanol–water partition coefficient (Wildman–Crippen LogP) is 2.61. The smallest absolute Gasteiger partial charge is 0.306 e. The number of rotatable bonds is 5. The third-order valence-corrected chi connectivity index (χ3v) is 4.23. The van der Waals surface area contributed by atoms with Crippen LogP contribution in [0.1, 0.15) is 70.0 Å². The summed E-state index contributed by atoms with van der Waals surface area (Å²) in [6.07, 6.45) is 9.28. The van der Waals surface area contributed by atoms with E-state index in [9.17, 15) is 4.79 Å². The average Bonchev–Trinajstić information content (AvgIpc) is 2.83. The van der Waals surface area contributed by atoms with Crippen LogP contribution in [0.3, 0.4) is 0 Å². The molecule has 1 unspecified atom stereocenters. The Morgan fingerprint density at radius 1 is 1.30 bits per heavy atom. The van der Waals surface area contributed by atoms with Gasteiger partial charge in [-0.2, -0.15) is 0 Å². The molecule has 1 aliphatic carbocycles. The first-order valence-electron chi connectivity index (χ1n) is 7.67. The lowest BCUT2D eigenvalue weighted by molar-refractivity contribution is -0.141. The maximum Gasteiger partial charge on any atom is 0.306 e. The van der Waals surface area contributed by atoms with Crippen molar-refractivity contribution in [1.82, 2.24) is 20.2 Å². The molecule has 1 aromatic heterocycles. The second kappa shape index (κ2) is 7.36. The van der Waals surface area contributed by atoms with Gasteiger partial charge >= 0.3 is 5.97 Å². The minimum Gasteiger partial charge on any atom is -0.481 e. The van der Waals surface area contributed by atoms with Crippen LogP contribution in [0.2, 0.25) is 0 Å². The van der Waals surface area contributed by atoms with E-state index in [1.54, 1.807) is 6.92 Å². The molecule has 6 nitrogen and oxygen atoms in total. The number of tetrazole rings is 1. The van der Waals surface area contributed by atoms with E-state index in [-0.39, 0.29) is 5.92 Å². The lowest BCUT2D eigenvalue weighted by atomic mass is 9.90. The molecule has 1 saturated carbocycles. The van der Waals surface area contributed by atoms with Crippen LogP contribution < -0.4 is 0 Å². The molecule has 1 aliphatic rings. The van der Waals surface area contributed by atoms with Crippen LogP contribution in [-0.2, 0) is 11.3 Å². The molecule has 0 radical (unpaired) electrons. The number of aliphatic carboxylic acids is 1. The van der Waals surface area contributed by atoms with Gasteiger partial charge in [0.05, 0.1) is 5.92 Å². The van der Waals surface area contributed by atoms with Crippen molar-refractivity contribution in [1.29, 1.82) is 0 Å². The van der Waals surface area contributed by atoms with Crippen LogP contribution >= 0.6 is 0 Å². The Labute approximate surface area is 119 Å². The van der Waals surface area contributed by atoms with E-state index in [0.29, 0.717) is 18.9 Å². The molecule has 0 bridgehead atoms. The second-order valence-corrected chi connectivity index (χ2v) is 5.83. The quantitative estimate of drug-likeness (QED) is 0.896. The third-order valence-electron chi connectivity index (χ3n) is 4.23. The summed E-state index contributed by atoms with van der Waals surface area (Å²) in [6, 6.07) is 0. The molecule has 1 N–H and O–H groups in total. The van der Waals surface area contributed by atoms with Crippen molar-refractivity contribution in [3.05, 3.63) is 5.82 Å². The van der Waals surface area contributed by atoms with E-state index in [1.165, 1.54) is 32.1 Å². The number of aromatic nitrogens is 4. The monoisotopic (exact) mass is 280 g/mol. The zero-order valence-corrected chi connectivity index (χ0v) is 12.2. The Balaban J connectivity index is 1.97. The van der Waals surface area contributed by atoms with Crippen molar-refractivity contribution < 1.29 is 9.90 Å². The number of carboxylic acids is 1. The zero-order chi connectivity index (χ0) is 14.4. The summed E-state index contributed by atoms with van der Waals surface area (Å²) >= 11 is 0. The largest absolute Gasteiger partial charge is 0.481 e. The molecule has 112 valence electrons. The van der Waals surface area contributed by atoms with Crippen molar-refractivity contribution in [3.63, 3.8) is 0 Å². The Bertz CT molecular complexity index is 425. The lowest BCUT2D eigenvalue weighted by Crippen LogP contribution is -2.16. The van der Waals surface area contributed by atoms with Crippen molar-refractivity contribution in [2.75, 3.05) is 0 Å². The molecule has 0 aromatic carbocycles. The molecule has 0 amide bonds. The molecule has 1 heterocycles. The highest BCUT2D eigenvalue weighted by molar-refractivity contribution is 5.69. The first-order chi connectivity index (χ1) is 9.68. The summed E-state index contributed by atoms with van der Waals surface area (Å²) < 4.78 is 1.81. The van der Waals surface area contributed by atoms with Crippen LogP contribution in [0.25, 0.3) is 0 Å². The Hall–Kier alpha value is -1.46. The highest BCUT2D eigenvalue weighted by Gasteiger charge is 2.21. The molecule has 1 aromatic rings. The summed E-state index contributed by atoms with van der Waals surface area (Å²) in [6.45, 7) is 2.31. The minimum atomic E-state index is -0.759. The van der Waals surface area contributed by atoms with E-state index in [4.69, 9.17) is 5.11 Å². The molecule has 1 fully saturated rings. The predicted molar refractivity (Wildman–Crippen MR) is 74.3 cm³/mol. The van der Waals surface area contributed by atoms with E-state index in [1.807, 2.05) is 4.68 Å². The van der Waals surface area contributed by atoms with Gasteiger partial charge < -0.3 is 5.11 Å². The maximum absolute atomic E-state index is 10.9. The summed E-state index contributed by atoms with van der Waals surface area (Å²) in [5.74, 6) is 0.268. The van der Waals surface area contributed by atoms with E-state index in [0.717, 1.165) is 18.7 Å². The number of nitrogens with zero attached hydrogens (tertiary/aromatic N) is 4. The fourth-order valence-corrected chi connectivity index (χ4v) is 2.82. The topological polar surface area (TPSA) is 80.9 Å². The van der Waals surface area contributed by atoms with Crippen LogP contribution in [-0.4, -0.2) is 31.3 Å². The van der Waals surface area contributed by atoms with Crippen LogP contribution in [0.5, 0.6) is 0 Å². The fourth-order valence-electron chi connectivity index (χ4n) is 2.82. The van der Waals surface area contributed by atoms with Gasteiger partial charge in [-0.1, -0.05) is 39.0 Å². The fraction of sp³-hybridized carbons (Fsp3) is 0.857. The van der Waals surface area contributed by atoms with Gasteiger partial charge in [-0.15, -0.1) is 5.10 Å². The van der Waals surface area contributed by atoms with Gasteiger partial charge in [0.25, 0.3) is 0 Å². The van der Waals surface area contributed by atoms with Gasteiger partial charge in [-0.25, -0.2) is 4.68 Å². The summed E-state index contributed by atoms with van der Waals surface area (Å²) in [4.78, 5) is 10.9. The molecular formula is C14H24N4O2. The number of carbonyl (C=O) groups is 1.